The van der Waals surface area contributed by atoms with Gasteiger partial charge in [-0.2, -0.15) is 0 Å². The van der Waals surface area contributed by atoms with Crippen LogP contribution in [0, 0.1) is 17.3 Å². The van der Waals surface area contributed by atoms with Crippen molar-refractivity contribution in [3.63, 3.8) is 0 Å². The molecular weight excluding hydrogens is 300 g/mol. The summed E-state index contributed by atoms with van der Waals surface area (Å²) < 4.78 is 11.1. The lowest BCUT2D eigenvalue weighted by atomic mass is 9.55. The summed E-state index contributed by atoms with van der Waals surface area (Å²) in [5.41, 5.74) is 3.20. The molecule has 4 rings (SSSR count). The van der Waals surface area contributed by atoms with Gasteiger partial charge in [-0.3, -0.25) is 4.79 Å². The molecule has 2 fully saturated rings. The highest BCUT2D eigenvalue weighted by molar-refractivity contribution is 5.66. The Hall–Kier alpha value is -1.51. The third kappa shape index (κ3) is 2.35. The van der Waals surface area contributed by atoms with E-state index in [4.69, 9.17) is 9.47 Å². The monoisotopic (exact) mass is 328 g/mol. The molecule has 0 N–H and O–H groups in total. The van der Waals surface area contributed by atoms with Gasteiger partial charge in [0.2, 0.25) is 0 Å². The number of carbonyl (C=O) groups is 1. The Labute approximate surface area is 144 Å². The fourth-order valence-electron chi connectivity index (χ4n) is 6.03. The number of ether oxygens (including phenoxy) is 2. The van der Waals surface area contributed by atoms with E-state index in [0.29, 0.717) is 11.8 Å². The van der Waals surface area contributed by atoms with Crippen LogP contribution in [0.4, 0.5) is 0 Å². The second-order valence-electron chi connectivity index (χ2n) is 8.20. The van der Waals surface area contributed by atoms with Gasteiger partial charge in [0.1, 0.15) is 11.9 Å². The Morgan fingerprint density at radius 2 is 2.04 bits per heavy atom. The zero-order valence-electron chi connectivity index (χ0n) is 15.0. The standard InChI is InChI=1S/C21H28O3/c1-13(22)24-20-9-8-19-18-6-4-14-12-15(23-3)5-7-16(14)17(18)10-11-21(19,20)2/h5,7,12,17-20H,4,6,8-11H2,1-3H3/t17-,18+,19+,20+,21-/m0/s1. The Balaban J connectivity index is 1.62. The number of fused-ring (bicyclic) bond motifs is 5. The van der Waals surface area contributed by atoms with Crippen molar-refractivity contribution in [2.24, 2.45) is 17.3 Å². The summed E-state index contributed by atoms with van der Waals surface area (Å²) in [6.07, 6.45) is 7.17. The van der Waals surface area contributed by atoms with Crippen molar-refractivity contribution in [2.75, 3.05) is 7.11 Å². The number of benzene rings is 1. The second kappa shape index (κ2) is 5.79. The lowest BCUT2D eigenvalue weighted by Crippen LogP contribution is -2.45. The SMILES string of the molecule is COc1ccc2c(c1)CC[C@H]1[C@H]3CC[C@@H](OC(C)=O)[C@@]3(C)CC[C@@H]21. The molecule has 1 aromatic carbocycles. The summed E-state index contributed by atoms with van der Waals surface area (Å²) in [7, 11) is 1.74. The molecular formula is C21H28O3. The first kappa shape index (κ1) is 16.0. The van der Waals surface area contributed by atoms with Gasteiger partial charge in [0.25, 0.3) is 0 Å². The lowest BCUT2D eigenvalue weighted by Gasteiger charge is -2.50. The van der Waals surface area contributed by atoms with E-state index in [1.54, 1.807) is 19.6 Å². The number of rotatable bonds is 2. The first-order chi connectivity index (χ1) is 11.5. The lowest BCUT2D eigenvalue weighted by molar-refractivity contribution is -0.154. The number of carbonyl (C=O) groups excluding carboxylic acids is 1. The van der Waals surface area contributed by atoms with Crippen molar-refractivity contribution >= 4 is 5.97 Å². The topological polar surface area (TPSA) is 35.5 Å². The van der Waals surface area contributed by atoms with Gasteiger partial charge in [-0.25, -0.2) is 0 Å². The summed E-state index contributed by atoms with van der Waals surface area (Å²) in [6, 6.07) is 6.65. The summed E-state index contributed by atoms with van der Waals surface area (Å²) in [5.74, 6) is 2.96. The number of esters is 1. The van der Waals surface area contributed by atoms with Crippen LogP contribution in [0.25, 0.3) is 0 Å². The molecule has 5 atom stereocenters. The van der Waals surface area contributed by atoms with Crippen LogP contribution in [0.3, 0.4) is 0 Å². The van der Waals surface area contributed by atoms with Gasteiger partial charge in [0.05, 0.1) is 7.11 Å². The zero-order chi connectivity index (χ0) is 16.9. The highest BCUT2D eigenvalue weighted by Gasteiger charge is 2.56. The number of hydrogen-bond acceptors (Lipinski definition) is 3. The average Bonchev–Trinajstić information content (AvgIpc) is 2.90. The van der Waals surface area contributed by atoms with Crippen LogP contribution in [0.5, 0.6) is 5.75 Å². The molecule has 0 saturated heterocycles. The predicted molar refractivity (Wildman–Crippen MR) is 93.2 cm³/mol. The second-order valence-corrected chi connectivity index (χ2v) is 8.20. The summed E-state index contributed by atoms with van der Waals surface area (Å²) in [4.78, 5) is 11.5. The van der Waals surface area contributed by atoms with Crippen molar-refractivity contribution < 1.29 is 14.3 Å². The molecule has 0 spiro atoms. The Morgan fingerprint density at radius 1 is 1.21 bits per heavy atom. The fraction of sp³-hybridized carbons (Fsp3) is 0.667. The molecule has 0 amide bonds. The van der Waals surface area contributed by atoms with Gasteiger partial charge >= 0.3 is 5.97 Å². The quantitative estimate of drug-likeness (QED) is 0.751. The minimum atomic E-state index is -0.120. The molecule has 0 unspecified atom stereocenters. The van der Waals surface area contributed by atoms with E-state index >= 15 is 0 Å². The van der Waals surface area contributed by atoms with Crippen LogP contribution in [-0.2, 0) is 16.0 Å². The molecule has 3 aliphatic carbocycles. The van der Waals surface area contributed by atoms with E-state index < -0.39 is 0 Å². The van der Waals surface area contributed by atoms with Crippen molar-refractivity contribution in [1.29, 1.82) is 0 Å². The molecule has 1 aromatic rings. The maximum atomic E-state index is 11.5. The first-order valence-corrected chi connectivity index (χ1v) is 9.37. The van der Waals surface area contributed by atoms with E-state index in [0.717, 1.165) is 24.5 Å². The molecule has 3 nitrogen and oxygen atoms in total. The van der Waals surface area contributed by atoms with E-state index in [1.807, 2.05) is 0 Å². The third-order valence-corrected chi connectivity index (χ3v) is 7.15. The highest BCUT2D eigenvalue weighted by Crippen LogP contribution is 2.61. The summed E-state index contributed by atoms with van der Waals surface area (Å²) in [6.45, 7) is 3.92. The van der Waals surface area contributed by atoms with Crippen LogP contribution in [-0.4, -0.2) is 19.2 Å². The van der Waals surface area contributed by atoms with Gasteiger partial charge in [-0.05, 0) is 79.5 Å². The Kier molecular flexibility index (Phi) is 3.85. The Morgan fingerprint density at radius 3 is 2.79 bits per heavy atom. The number of aryl methyl sites for hydroxylation is 1. The molecule has 130 valence electrons. The zero-order valence-corrected chi connectivity index (χ0v) is 15.0. The van der Waals surface area contributed by atoms with E-state index in [-0.39, 0.29) is 17.5 Å². The van der Waals surface area contributed by atoms with Crippen LogP contribution in [0.15, 0.2) is 18.2 Å². The smallest absolute Gasteiger partial charge is 0.302 e. The molecule has 0 aliphatic heterocycles. The molecule has 0 radical (unpaired) electrons. The number of methoxy groups -OCH3 is 1. The fourth-order valence-corrected chi connectivity index (χ4v) is 6.03. The van der Waals surface area contributed by atoms with Crippen molar-refractivity contribution in [2.45, 2.75) is 64.4 Å². The van der Waals surface area contributed by atoms with Gasteiger partial charge in [0, 0.05) is 12.3 Å². The third-order valence-electron chi connectivity index (χ3n) is 7.15. The average molecular weight is 328 g/mol. The van der Waals surface area contributed by atoms with Crippen molar-refractivity contribution in [1.82, 2.24) is 0 Å². The molecule has 3 aliphatic rings. The van der Waals surface area contributed by atoms with Crippen molar-refractivity contribution in [3.05, 3.63) is 29.3 Å². The minimum absolute atomic E-state index is 0.120. The predicted octanol–water partition coefficient (Wildman–Crippen LogP) is 4.48. The van der Waals surface area contributed by atoms with E-state index in [9.17, 15) is 4.79 Å². The highest BCUT2D eigenvalue weighted by atomic mass is 16.5. The maximum Gasteiger partial charge on any atom is 0.302 e. The first-order valence-electron chi connectivity index (χ1n) is 9.37. The van der Waals surface area contributed by atoms with Crippen molar-refractivity contribution in [3.8, 4) is 5.75 Å². The molecule has 0 heterocycles. The van der Waals surface area contributed by atoms with Gasteiger partial charge < -0.3 is 9.47 Å². The van der Waals surface area contributed by atoms with Gasteiger partial charge in [-0.1, -0.05) is 13.0 Å². The van der Waals surface area contributed by atoms with Crippen LogP contribution < -0.4 is 4.74 Å². The Bertz CT molecular complexity index is 652. The van der Waals surface area contributed by atoms with Crippen LogP contribution >= 0.6 is 0 Å². The van der Waals surface area contributed by atoms with Crippen LogP contribution in [0.2, 0.25) is 0 Å². The normalized spacial score (nSPS) is 37.1. The van der Waals surface area contributed by atoms with E-state index in [1.165, 1.54) is 31.2 Å². The molecule has 3 heteroatoms. The van der Waals surface area contributed by atoms with E-state index in [2.05, 4.69) is 25.1 Å². The molecule has 0 bridgehead atoms. The summed E-state index contributed by atoms with van der Waals surface area (Å²) in [5, 5.41) is 0. The molecule has 24 heavy (non-hydrogen) atoms. The molecule has 2 saturated carbocycles. The van der Waals surface area contributed by atoms with Gasteiger partial charge in [-0.15, -0.1) is 0 Å². The summed E-state index contributed by atoms with van der Waals surface area (Å²) >= 11 is 0. The van der Waals surface area contributed by atoms with Gasteiger partial charge in [0.15, 0.2) is 0 Å². The number of hydrogen-bond donors (Lipinski definition) is 0. The largest absolute Gasteiger partial charge is 0.497 e. The van der Waals surface area contributed by atoms with Crippen LogP contribution in [0.1, 0.15) is 63.0 Å². The minimum Gasteiger partial charge on any atom is -0.497 e. The molecule has 0 aromatic heterocycles. The maximum absolute atomic E-state index is 11.5.